The number of hydrogen-bond acceptors (Lipinski definition) is 6. The maximum Gasteiger partial charge on any atom is 2.00 e. The van der Waals surface area contributed by atoms with Crippen LogP contribution in [0.4, 0.5) is 50.4 Å². The Hall–Kier alpha value is -7.53. The Bertz CT molecular complexity index is 4610. The summed E-state index contributed by atoms with van der Waals surface area (Å²) in [5.74, 6) is 38.4. The van der Waals surface area contributed by atoms with Gasteiger partial charge in [0.1, 0.15) is 0 Å². The largest absolute Gasteiger partial charge is 2.00 e. The molecule has 0 aliphatic carbocycles. The Balaban J connectivity index is 0.000000200. The summed E-state index contributed by atoms with van der Waals surface area (Å²) in [5.41, 5.74) is 16.0. The van der Waals surface area contributed by atoms with Gasteiger partial charge in [-0.15, -0.1) is 0 Å². The molecule has 0 spiro atoms. The smallest absolute Gasteiger partial charge is 0.255 e. The predicted molar refractivity (Wildman–Crippen MR) is 440 cm³/mol. The molecule has 0 saturated carbocycles. The van der Waals surface area contributed by atoms with Gasteiger partial charge in [0.05, 0.1) is 34.2 Å². The van der Waals surface area contributed by atoms with E-state index in [4.69, 9.17) is 0 Å². The van der Waals surface area contributed by atoms with Crippen LogP contribution in [-0.2, 0) is 16.5 Å². The Morgan fingerprint density at radius 1 is 0.181 bits per heavy atom. The third-order valence-electron chi connectivity index (χ3n) is 12.5. The summed E-state index contributed by atoms with van der Waals surface area (Å²) < 4.78 is 126. The summed E-state index contributed by atoms with van der Waals surface area (Å²) in [5, 5.41) is 0. The minimum atomic E-state index is -10.7. The van der Waals surface area contributed by atoms with E-state index >= 15 is 0 Å². The molecular weight excluding hydrogens is 2130 g/mol. The Morgan fingerprint density at radius 3 is 0.400 bits per heavy atom. The van der Waals surface area contributed by atoms with Crippen molar-refractivity contribution in [2.45, 2.75) is 0 Å². The molecule has 6 nitrogen and oxygen atoms in total. The van der Waals surface area contributed by atoms with E-state index in [2.05, 4.69) is 309 Å². The van der Waals surface area contributed by atoms with E-state index in [1.807, 2.05) is 146 Å². The molecule has 530 valence electrons. The summed E-state index contributed by atoms with van der Waals surface area (Å²) in [4.78, 5) is 26.8. The van der Waals surface area contributed by atoms with Crippen LogP contribution in [0.15, 0.2) is 256 Å². The first-order valence-electron chi connectivity index (χ1n) is 29.4. The Morgan fingerprint density at radius 2 is 0.286 bits per heavy atom. The maximum absolute atomic E-state index is 10.7. The second-order valence-corrected chi connectivity index (χ2v) is 32.3. The molecule has 6 heterocycles. The van der Waals surface area contributed by atoms with Gasteiger partial charge in [-0.2, -0.15) is 0 Å². The van der Waals surface area contributed by atoms with Crippen molar-refractivity contribution in [3.63, 3.8) is 0 Å². The summed E-state index contributed by atoms with van der Waals surface area (Å²) in [6, 6.07) is 72.1. The van der Waals surface area contributed by atoms with Crippen LogP contribution >= 0.6 is 151 Å². The van der Waals surface area contributed by atoms with E-state index in [0.717, 1.165) is 101 Å². The van der Waals surface area contributed by atoms with Gasteiger partial charge < -0.3 is 0 Å². The van der Waals surface area contributed by atoms with Crippen molar-refractivity contribution in [3.05, 3.63) is 344 Å². The molecule has 27 heteroatoms. The first-order chi connectivity index (χ1) is 48.9. The van der Waals surface area contributed by atoms with Crippen molar-refractivity contribution in [2.75, 3.05) is 0 Å². The fourth-order valence-corrected chi connectivity index (χ4v) is 10.1. The third kappa shape index (κ3) is 36.1. The van der Waals surface area contributed by atoms with Gasteiger partial charge in [-0.3, -0.25) is 29.9 Å². The van der Waals surface area contributed by atoms with Crippen LogP contribution in [0.3, 0.4) is 0 Å². The number of halogens is 18. The van der Waals surface area contributed by atoms with Crippen molar-refractivity contribution >= 4 is 151 Å². The molecule has 12 aromatic rings. The summed E-state index contributed by atoms with van der Waals surface area (Å²) in [6.07, 6.45) is 10.6. The van der Waals surface area contributed by atoms with E-state index in [0.29, 0.717) is 0 Å². The van der Waals surface area contributed by atoms with Crippen LogP contribution in [0.5, 0.6) is 0 Å². The number of rotatable bonds is 3. The molecule has 0 aliphatic rings. The van der Waals surface area contributed by atoms with Gasteiger partial charge in [0.2, 0.25) is 0 Å². The summed E-state index contributed by atoms with van der Waals surface area (Å²) in [7, 11) is -21.3. The maximum atomic E-state index is 9.87. The minimum absolute atomic E-state index is 0. The quantitative estimate of drug-likeness (QED) is 0.0577. The van der Waals surface area contributed by atoms with Crippen molar-refractivity contribution in [1.29, 1.82) is 0 Å². The summed E-state index contributed by atoms with van der Waals surface area (Å²) >= 11 is 13.7. The molecule has 105 heavy (non-hydrogen) atoms. The fraction of sp³-hybridized carbons (Fsp3) is 0. The van der Waals surface area contributed by atoms with E-state index in [1.54, 1.807) is 37.2 Å². The van der Waals surface area contributed by atoms with Gasteiger partial charge in [-0.25, -0.2) is 0 Å². The van der Waals surface area contributed by atoms with E-state index < -0.39 is 15.6 Å². The average molecular weight is 2170 g/mol. The van der Waals surface area contributed by atoms with Crippen LogP contribution in [0, 0.1) is 92.5 Å². The third-order valence-corrected chi connectivity index (χ3v) is 16.8. The zero-order valence-corrected chi connectivity index (χ0v) is 68.7. The predicted octanol–water partition coefficient (Wildman–Crippen LogP) is 25.2. The van der Waals surface area contributed by atoms with Crippen molar-refractivity contribution in [2.24, 2.45) is 0 Å². The van der Waals surface area contributed by atoms with Gasteiger partial charge in [-0.05, 0) is 354 Å². The normalized spacial score (nSPS) is 11.5. The average Bonchev–Trinajstić information content (AvgIpc) is 0.793. The second-order valence-electron chi connectivity index (χ2n) is 21.0. The molecule has 0 atom stereocenters. The molecule has 0 fully saturated rings. The molecular formula is C78H42F12I6N6NiP2. The van der Waals surface area contributed by atoms with E-state index in [9.17, 15) is 50.4 Å². The Kier molecular flexibility index (Phi) is 29.7. The van der Waals surface area contributed by atoms with Gasteiger partial charge >= 0.3 is 82.5 Å². The van der Waals surface area contributed by atoms with Crippen LogP contribution < -0.4 is 0 Å². The van der Waals surface area contributed by atoms with E-state index in [-0.39, 0.29) is 16.5 Å². The standard InChI is InChI=1S/3C26H14I2N2.2F6P.Ni/c3*27-23-9-5-19(6-10-23)1-3-21-13-15-29-25(17-21)26-18-22(14-16-30-26)4-2-20-7-11-24(28)12-8-20;2*1-7(2,3,4,5)6;/h3*5-18H;;;/q;;;2*-1;+2. The van der Waals surface area contributed by atoms with Gasteiger partial charge in [0.25, 0.3) is 0 Å². The van der Waals surface area contributed by atoms with Crippen molar-refractivity contribution < 1.29 is 66.9 Å². The number of pyridine rings is 6. The first-order valence-corrected chi connectivity index (χ1v) is 40.0. The first kappa shape index (κ1) is 84.7. The van der Waals surface area contributed by atoms with Crippen LogP contribution in [0.1, 0.15) is 66.8 Å². The zero-order valence-electron chi connectivity index (χ0n) is 52.9. The monoisotopic (exact) mass is 2170 g/mol. The molecule has 6 aromatic carbocycles. The van der Waals surface area contributed by atoms with Gasteiger partial charge in [0, 0.05) is 125 Å². The number of hydrogen-bond donors (Lipinski definition) is 0. The van der Waals surface area contributed by atoms with Crippen LogP contribution in [-0.4, -0.2) is 29.9 Å². The van der Waals surface area contributed by atoms with Gasteiger partial charge in [-0.1, -0.05) is 71.0 Å². The number of benzene rings is 6. The second kappa shape index (κ2) is 36.9. The molecule has 0 bridgehead atoms. The minimum Gasteiger partial charge on any atom is -0.255 e. The summed E-state index contributed by atoms with van der Waals surface area (Å²) in [6.45, 7) is 0. The molecule has 0 radical (unpaired) electrons. The Labute approximate surface area is 688 Å². The zero-order chi connectivity index (χ0) is 75.1. The molecule has 12 rings (SSSR count). The molecule has 0 unspecified atom stereocenters. The topological polar surface area (TPSA) is 77.3 Å². The number of nitrogens with zero attached hydrogens (tertiary/aromatic N) is 6. The molecule has 0 saturated heterocycles. The molecule has 6 aromatic heterocycles. The molecule has 0 N–H and O–H groups in total. The van der Waals surface area contributed by atoms with Crippen molar-refractivity contribution in [1.82, 2.24) is 29.9 Å². The molecule has 0 amide bonds. The van der Waals surface area contributed by atoms with E-state index in [1.165, 1.54) is 21.4 Å². The van der Waals surface area contributed by atoms with Crippen molar-refractivity contribution in [3.8, 4) is 105 Å². The SMILES string of the molecule is F[P-](F)(F)(F)(F)F.F[P-](F)(F)(F)(F)F.Ic1ccc(C#Cc2ccnc(-c3cc(C#Cc4ccc(I)cc4)ccn3)c2)cc1.Ic1ccc(C#Cc2ccnc(-c3cc(C#Cc4ccc(I)cc4)ccn3)c2)cc1.Ic1ccc(C#Cc2ccnc(-c3cc(C#Cc4ccc(I)cc4)ccn3)c2)cc1.[Ni+2]. The molecule has 0 aliphatic heterocycles. The van der Waals surface area contributed by atoms with Crippen LogP contribution in [0.25, 0.3) is 34.2 Å². The van der Waals surface area contributed by atoms with Gasteiger partial charge in [0.15, 0.2) is 0 Å². The fourth-order valence-electron chi connectivity index (χ4n) is 7.96. The number of aromatic nitrogens is 6. The van der Waals surface area contributed by atoms with Crippen LogP contribution in [0.2, 0.25) is 0 Å².